The lowest BCUT2D eigenvalue weighted by atomic mass is 10.1. The largest absolute Gasteiger partial charge is 0.490 e. The molecule has 7 nitrogen and oxygen atoms in total. The van der Waals surface area contributed by atoms with Gasteiger partial charge in [0.05, 0.1) is 19.3 Å². The fourth-order valence-corrected chi connectivity index (χ4v) is 2.33. The Hall–Kier alpha value is -2.44. The molecule has 0 heterocycles. The van der Waals surface area contributed by atoms with E-state index >= 15 is 0 Å². The molecule has 1 unspecified atom stereocenters. The molecule has 26 heavy (non-hydrogen) atoms. The van der Waals surface area contributed by atoms with Gasteiger partial charge in [-0.25, -0.2) is 0 Å². The van der Waals surface area contributed by atoms with Crippen LogP contribution >= 0.6 is 0 Å². The van der Waals surface area contributed by atoms with Crippen LogP contribution in [0.4, 0.5) is 0 Å². The van der Waals surface area contributed by atoms with E-state index in [2.05, 4.69) is 15.6 Å². The van der Waals surface area contributed by atoms with Gasteiger partial charge in [-0.05, 0) is 38.5 Å². The minimum absolute atomic E-state index is 0.0145. The summed E-state index contributed by atoms with van der Waals surface area (Å²) >= 11 is 0. The third-order valence-electron chi connectivity index (χ3n) is 3.77. The monoisotopic (exact) mass is 364 g/mol. The molecule has 1 aromatic rings. The molecule has 0 saturated carbocycles. The number of rotatable bonds is 9. The molecule has 0 aliphatic heterocycles. The highest BCUT2D eigenvalue weighted by Gasteiger charge is 2.13. The number of nitrogens with one attached hydrogen (secondary N) is 2. The highest BCUT2D eigenvalue weighted by atomic mass is 16.5. The van der Waals surface area contributed by atoms with E-state index in [-0.39, 0.29) is 11.9 Å². The second-order valence-corrected chi connectivity index (χ2v) is 5.98. The van der Waals surface area contributed by atoms with Gasteiger partial charge in [-0.15, -0.1) is 0 Å². The highest BCUT2D eigenvalue weighted by molar-refractivity contribution is 5.81. The molecule has 1 amide bonds. The van der Waals surface area contributed by atoms with Crippen LogP contribution in [0.15, 0.2) is 23.2 Å². The molecule has 1 aromatic carbocycles. The van der Waals surface area contributed by atoms with Crippen LogP contribution in [0.5, 0.6) is 11.5 Å². The van der Waals surface area contributed by atoms with Gasteiger partial charge in [0.1, 0.15) is 0 Å². The summed E-state index contributed by atoms with van der Waals surface area (Å²) in [6.07, 6.45) is 0.416. The Morgan fingerprint density at radius 1 is 1.19 bits per heavy atom. The first-order valence-electron chi connectivity index (χ1n) is 8.99. The lowest BCUT2D eigenvalue weighted by Gasteiger charge is -2.20. The first-order chi connectivity index (χ1) is 12.4. The van der Waals surface area contributed by atoms with E-state index in [1.807, 2.05) is 39.0 Å². The first-order valence-corrected chi connectivity index (χ1v) is 8.99. The summed E-state index contributed by atoms with van der Waals surface area (Å²) in [7, 11) is 5.21. The number of hydrogen-bond donors (Lipinski definition) is 2. The predicted molar refractivity (Wildman–Crippen MR) is 105 cm³/mol. The Kier molecular flexibility index (Phi) is 9.33. The predicted octanol–water partition coefficient (Wildman–Crippen LogP) is 2.19. The van der Waals surface area contributed by atoms with Gasteiger partial charge in [-0.3, -0.25) is 9.79 Å². The van der Waals surface area contributed by atoms with Gasteiger partial charge in [-0.1, -0.05) is 6.07 Å². The molecule has 0 bridgehead atoms. The van der Waals surface area contributed by atoms with Gasteiger partial charge < -0.3 is 25.0 Å². The van der Waals surface area contributed by atoms with Gasteiger partial charge in [0.15, 0.2) is 17.5 Å². The maximum absolute atomic E-state index is 11.6. The number of guanidine groups is 1. The Balaban J connectivity index is 2.70. The molecule has 0 saturated heterocycles. The van der Waals surface area contributed by atoms with Crippen molar-refractivity contribution in [1.82, 2.24) is 15.5 Å². The fourth-order valence-electron chi connectivity index (χ4n) is 2.33. The summed E-state index contributed by atoms with van der Waals surface area (Å²) in [5, 5.41) is 6.49. The van der Waals surface area contributed by atoms with Crippen molar-refractivity contribution in [2.75, 3.05) is 40.9 Å². The normalized spacial score (nSPS) is 12.3. The molecular formula is C19H32N4O3. The standard InChI is InChI=1S/C19H32N4O3/c1-7-25-16-10-9-15(13-17(16)26-8-2)14(3)22-19(20-4)21-12-11-18(24)23(5)6/h9-10,13-14H,7-8,11-12H2,1-6H3,(H2,20,21,22). The topological polar surface area (TPSA) is 75.2 Å². The van der Waals surface area contributed by atoms with Crippen LogP contribution < -0.4 is 20.1 Å². The van der Waals surface area contributed by atoms with Gasteiger partial charge in [0.2, 0.25) is 5.91 Å². The van der Waals surface area contributed by atoms with Crippen LogP contribution in [0.1, 0.15) is 38.8 Å². The second-order valence-electron chi connectivity index (χ2n) is 5.98. The molecule has 0 radical (unpaired) electrons. The third kappa shape index (κ3) is 6.82. The van der Waals surface area contributed by atoms with Crippen molar-refractivity contribution >= 4 is 11.9 Å². The Bertz CT molecular complexity index is 602. The summed E-state index contributed by atoms with van der Waals surface area (Å²) in [4.78, 5) is 17.4. The van der Waals surface area contributed by atoms with Crippen molar-refractivity contribution < 1.29 is 14.3 Å². The first kappa shape index (κ1) is 21.6. The van der Waals surface area contributed by atoms with E-state index < -0.39 is 0 Å². The van der Waals surface area contributed by atoms with Crippen molar-refractivity contribution in [1.29, 1.82) is 0 Å². The summed E-state index contributed by atoms with van der Waals surface area (Å²) < 4.78 is 11.3. The highest BCUT2D eigenvalue weighted by Crippen LogP contribution is 2.30. The fraction of sp³-hybridized carbons (Fsp3) is 0.579. The smallest absolute Gasteiger partial charge is 0.223 e. The average Bonchev–Trinajstić information content (AvgIpc) is 2.62. The quantitative estimate of drug-likeness (QED) is 0.519. The lowest BCUT2D eigenvalue weighted by molar-refractivity contribution is -0.128. The molecule has 1 rings (SSSR count). The van der Waals surface area contributed by atoms with Gasteiger partial charge >= 0.3 is 0 Å². The number of ether oxygens (including phenoxy) is 2. The number of carbonyl (C=O) groups is 1. The van der Waals surface area contributed by atoms with E-state index in [1.54, 1.807) is 26.0 Å². The number of benzene rings is 1. The minimum atomic E-state index is 0.0145. The van der Waals surface area contributed by atoms with Crippen LogP contribution in [0.3, 0.4) is 0 Å². The lowest BCUT2D eigenvalue weighted by Crippen LogP contribution is -2.40. The van der Waals surface area contributed by atoms with Crippen LogP contribution in [-0.2, 0) is 4.79 Å². The number of amides is 1. The molecule has 0 spiro atoms. The number of carbonyl (C=O) groups excluding carboxylic acids is 1. The van der Waals surface area contributed by atoms with E-state index in [4.69, 9.17) is 9.47 Å². The molecule has 7 heteroatoms. The van der Waals surface area contributed by atoms with E-state index in [9.17, 15) is 4.79 Å². The molecule has 0 aromatic heterocycles. The summed E-state index contributed by atoms with van der Waals surface area (Å²) in [5.74, 6) is 2.21. The maximum atomic E-state index is 11.6. The van der Waals surface area contributed by atoms with Gasteiger partial charge in [-0.2, -0.15) is 0 Å². The molecule has 2 N–H and O–H groups in total. The maximum Gasteiger partial charge on any atom is 0.223 e. The Morgan fingerprint density at radius 3 is 2.42 bits per heavy atom. The summed E-state index contributed by atoms with van der Waals surface area (Å²) in [6, 6.07) is 5.93. The molecule has 0 fully saturated rings. The van der Waals surface area contributed by atoms with E-state index in [0.29, 0.717) is 32.1 Å². The zero-order chi connectivity index (χ0) is 19.5. The van der Waals surface area contributed by atoms with E-state index in [1.165, 1.54) is 0 Å². The van der Waals surface area contributed by atoms with Crippen molar-refractivity contribution in [3.8, 4) is 11.5 Å². The van der Waals surface area contributed by atoms with Crippen LogP contribution in [0.2, 0.25) is 0 Å². The second kappa shape index (κ2) is 11.2. The zero-order valence-corrected chi connectivity index (χ0v) is 16.8. The molecule has 146 valence electrons. The number of aliphatic imine (C=N–C) groups is 1. The van der Waals surface area contributed by atoms with E-state index in [0.717, 1.165) is 17.1 Å². The molecular weight excluding hydrogens is 332 g/mol. The Morgan fingerprint density at radius 2 is 1.85 bits per heavy atom. The summed E-state index contributed by atoms with van der Waals surface area (Å²) in [6.45, 7) is 7.64. The third-order valence-corrected chi connectivity index (χ3v) is 3.77. The van der Waals surface area contributed by atoms with Gasteiger partial charge in [0.25, 0.3) is 0 Å². The molecule has 0 aliphatic carbocycles. The zero-order valence-electron chi connectivity index (χ0n) is 16.8. The SMILES string of the molecule is CCOc1ccc(C(C)NC(=NC)NCCC(=O)N(C)C)cc1OCC. The van der Waals surface area contributed by atoms with Crippen molar-refractivity contribution in [2.24, 2.45) is 4.99 Å². The van der Waals surface area contributed by atoms with Gasteiger partial charge in [0, 0.05) is 34.1 Å². The molecule has 0 aliphatic rings. The van der Waals surface area contributed by atoms with Crippen LogP contribution in [0.25, 0.3) is 0 Å². The van der Waals surface area contributed by atoms with Crippen molar-refractivity contribution in [2.45, 2.75) is 33.2 Å². The average molecular weight is 364 g/mol. The minimum Gasteiger partial charge on any atom is -0.490 e. The van der Waals surface area contributed by atoms with Crippen molar-refractivity contribution in [3.05, 3.63) is 23.8 Å². The molecule has 1 atom stereocenters. The summed E-state index contributed by atoms with van der Waals surface area (Å²) in [5.41, 5.74) is 1.06. The van der Waals surface area contributed by atoms with Crippen LogP contribution in [-0.4, -0.2) is 57.7 Å². The van der Waals surface area contributed by atoms with Crippen molar-refractivity contribution in [3.63, 3.8) is 0 Å². The number of nitrogens with zero attached hydrogens (tertiary/aromatic N) is 2. The number of hydrogen-bond acceptors (Lipinski definition) is 4. The Labute approximate surface area is 156 Å². The van der Waals surface area contributed by atoms with Crippen LogP contribution in [0, 0.1) is 0 Å².